The molecule has 0 aliphatic rings. The number of aryl methyl sites for hydroxylation is 1. The molecule has 0 aliphatic carbocycles. The molecule has 20 heavy (non-hydrogen) atoms. The molecule has 0 spiro atoms. The molecule has 1 heterocycles. The van der Waals surface area contributed by atoms with Crippen molar-refractivity contribution in [3.8, 4) is 0 Å². The standard InChI is InChI=1S/C15H15BrClNOS/c1-11-10-20-14(13(11)17)15(19)18(8-7-16)9-12-5-3-2-4-6-12/h2-6,10H,7-9H2,1H3. The van der Waals surface area contributed by atoms with Crippen LogP contribution in [0.2, 0.25) is 5.02 Å². The molecule has 0 saturated carbocycles. The number of benzene rings is 1. The number of nitrogens with zero attached hydrogens (tertiary/aromatic N) is 1. The van der Waals surface area contributed by atoms with Gasteiger partial charge < -0.3 is 4.90 Å². The number of amides is 1. The molecule has 5 heteroatoms. The molecule has 1 aromatic heterocycles. The van der Waals surface area contributed by atoms with Crippen molar-refractivity contribution in [3.05, 3.63) is 56.7 Å². The zero-order valence-corrected chi connectivity index (χ0v) is 14.3. The Kier molecular flexibility index (Phi) is 5.64. The van der Waals surface area contributed by atoms with Crippen molar-refractivity contribution in [3.63, 3.8) is 0 Å². The summed E-state index contributed by atoms with van der Waals surface area (Å²) in [5.41, 5.74) is 2.07. The SMILES string of the molecule is Cc1csc(C(=O)N(CCBr)Cc2ccccc2)c1Cl. The van der Waals surface area contributed by atoms with Gasteiger partial charge in [-0.2, -0.15) is 0 Å². The Morgan fingerprint density at radius 2 is 2.05 bits per heavy atom. The van der Waals surface area contributed by atoms with Crippen LogP contribution >= 0.6 is 38.9 Å². The van der Waals surface area contributed by atoms with Crippen molar-refractivity contribution < 1.29 is 4.79 Å². The quantitative estimate of drug-likeness (QED) is 0.694. The number of alkyl halides is 1. The summed E-state index contributed by atoms with van der Waals surface area (Å²) in [5, 5.41) is 3.24. The predicted molar refractivity (Wildman–Crippen MR) is 89.0 cm³/mol. The van der Waals surface area contributed by atoms with Gasteiger partial charge in [0.25, 0.3) is 5.91 Å². The second kappa shape index (κ2) is 7.25. The Morgan fingerprint density at radius 3 is 2.60 bits per heavy atom. The summed E-state index contributed by atoms with van der Waals surface area (Å²) in [4.78, 5) is 15.1. The summed E-state index contributed by atoms with van der Waals surface area (Å²) in [5.74, 6) is -0.00333. The van der Waals surface area contributed by atoms with Crippen LogP contribution in [0.25, 0.3) is 0 Å². The Hall–Kier alpha value is -0.840. The highest BCUT2D eigenvalue weighted by atomic mass is 79.9. The molecule has 0 saturated heterocycles. The third-order valence-electron chi connectivity index (χ3n) is 2.95. The van der Waals surface area contributed by atoms with Crippen LogP contribution in [0.1, 0.15) is 20.8 Å². The number of hydrogen-bond acceptors (Lipinski definition) is 2. The van der Waals surface area contributed by atoms with E-state index in [2.05, 4.69) is 15.9 Å². The van der Waals surface area contributed by atoms with Gasteiger partial charge in [-0.3, -0.25) is 4.79 Å². The van der Waals surface area contributed by atoms with E-state index < -0.39 is 0 Å². The highest BCUT2D eigenvalue weighted by Crippen LogP contribution is 2.28. The van der Waals surface area contributed by atoms with Crippen molar-refractivity contribution in [1.82, 2.24) is 4.90 Å². The van der Waals surface area contributed by atoms with E-state index in [0.29, 0.717) is 23.0 Å². The fraction of sp³-hybridized carbons (Fsp3) is 0.267. The van der Waals surface area contributed by atoms with Gasteiger partial charge in [-0.25, -0.2) is 0 Å². The number of carbonyl (C=O) groups excluding carboxylic acids is 1. The summed E-state index contributed by atoms with van der Waals surface area (Å²) in [6.45, 7) is 3.17. The van der Waals surface area contributed by atoms with Gasteiger partial charge in [0.2, 0.25) is 0 Å². The number of halogens is 2. The van der Waals surface area contributed by atoms with Gasteiger partial charge in [0.05, 0.1) is 5.02 Å². The average Bonchev–Trinajstić information content (AvgIpc) is 2.79. The zero-order chi connectivity index (χ0) is 14.5. The van der Waals surface area contributed by atoms with E-state index in [0.717, 1.165) is 16.5 Å². The lowest BCUT2D eigenvalue weighted by atomic mass is 10.2. The van der Waals surface area contributed by atoms with Crippen LogP contribution in [0.4, 0.5) is 0 Å². The van der Waals surface area contributed by atoms with E-state index in [-0.39, 0.29) is 5.91 Å². The van der Waals surface area contributed by atoms with E-state index in [1.807, 2.05) is 47.5 Å². The molecule has 1 amide bonds. The van der Waals surface area contributed by atoms with E-state index >= 15 is 0 Å². The van der Waals surface area contributed by atoms with Gasteiger partial charge in [-0.1, -0.05) is 57.9 Å². The first kappa shape index (κ1) is 15.5. The van der Waals surface area contributed by atoms with Gasteiger partial charge in [-0.05, 0) is 23.4 Å². The summed E-state index contributed by atoms with van der Waals surface area (Å²) < 4.78 is 0. The molecule has 106 valence electrons. The molecular formula is C15H15BrClNOS. The Balaban J connectivity index is 2.20. The maximum absolute atomic E-state index is 12.6. The van der Waals surface area contributed by atoms with E-state index in [9.17, 15) is 4.79 Å². The fourth-order valence-electron chi connectivity index (χ4n) is 1.88. The van der Waals surface area contributed by atoms with Crippen molar-refractivity contribution in [2.45, 2.75) is 13.5 Å². The smallest absolute Gasteiger partial charge is 0.265 e. The molecule has 0 N–H and O–H groups in total. The van der Waals surface area contributed by atoms with Gasteiger partial charge in [0.1, 0.15) is 4.88 Å². The molecule has 0 fully saturated rings. The minimum atomic E-state index is -0.00333. The average molecular weight is 373 g/mol. The summed E-state index contributed by atoms with van der Waals surface area (Å²) in [7, 11) is 0. The largest absolute Gasteiger partial charge is 0.333 e. The molecule has 1 aromatic carbocycles. The lowest BCUT2D eigenvalue weighted by Gasteiger charge is -2.21. The van der Waals surface area contributed by atoms with Crippen LogP contribution in [-0.2, 0) is 6.54 Å². The van der Waals surface area contributed by atoms with Crippen LogP contribution in [0.3, 0.4) is 0 Å². The van der Waals surface area contributed by atoms with Gasteiger partial charge in [0.15, 0.2) is 0 Å². The first-order valence-electron chi connectivity index (χ1n) is 6.26. The van der Waals surface area contributed by atoms with Crippen LogP contribution in [-0.4, -0.2) is 22.7 Å². The molecule has 0 aliphatic heterocycles. The van der Waals surface area contributed by atoms with Crippen molar-refractivity contribution >= 4 is 44.8 Å². The van der Waals surface area contributed by atoms with Crippen molar-refractivity contribution in [1.29, 1.82) is 0 Å². The van der Waals surface area contributed by atoms with E-state index in [1.54, 1.807) is 0 Å². The first-order valence-corrected chi connectivity index (χ1v) is 8.64. The Bertz CT molecular complexity index is 585. The maximum Gasteiger partial charge on any atom is 0.265 e. The van der Waals surface area contributed by atoms with Crippen LogP contribution in [0, 0.1) is 6.92 Å². The molecule has 2 aromatic rings. The van der Waals surface area contributed by atoms with Gasteiger partial charge in [-0.15, -0.1) is 11.3 Å². The maximum atomic E-state index is 12.6. The van der Waals surface area contributed by atoms with Crippen molar-refractivity contribution in [2.24, 2.45) is 0 Å². The number of carbonyl (C=O) groups is 1. The highest BCUT2D eigenvalue weighted by molar-refractivity contribution is 9.09. The van der Waals surface area contributed by atoms with Gasteiger partial charge in [0, 0.05) is 18.4 Å². The molecule has 2 rings (SSSR count). The molecule has 0 atom stereocenters. The Labute approximate surface area is 136 Å². The van der Waals surface area contributed by atoms with E-state index in [1.165, 1.54) is 11.3 Å². The summed E-state index contributed by atoms with van der Waals surface area (Å²) in [6, 6.07) is 9.98. The number of hydrogen-bond donors (Lipinski definition) is 0. The number of rotatable bonds is 5. The van der Waals surface area contributed by atoms with E-state index in [4.69, 9.17) is 11.6 Å². The summed E-state index contributed by atoms with van der Waals surface area (Å²) in [6.07, 6.45) is 0. The molecule has 0 unspecified atom stereocenters. The van der Waals surface area contributed by atoms with Crippen LogP contribution in [0.5, 0.6) is 0 Å². The second-order valence-corrected chi connectivity index (χ2v) is 6.51. The summed E-state index contributed by atoms with van der Waals surface area (Å²) >= 11 is 11.0. The monoisotopic (exact) mass is 371 g/mol. The van der Waals surface area contributed by atoms with Crippen LogP contribution < -0.4 is 0 Å². The van der Waals surface area contributed by atoms with Crippen LogP contribution in [0.15, 0.2) is 35.7 Å². The first-order chi connectivity index (χ1) is 9.63. The van der Waals surface area contributed by atoms with Gasteiger partial charge >= 0.3 is 0 Å². The normalized spacial score (nSPS) is 10.6. The topological polar surface area (TPSA) is 20.3 Å². The fourth-order valence-corrected chi connectivity index (χ4v) is 3.54. The third kappa shape index (κ3) is 3.62. The number of thiophene rings is 1. The molecule has 0 radical (unpaired) electrons. The zero-order valence-electron chi connectivity index (χ0n) is 11.1. The predicted octanol–water partition coefficient (Wildman–Crippen LogP) is 4.75. The molecular weight excluding hydrogens is 358 g/mol. The Morgan fingerprint density at radius 1 is 1.35 bits per heavy atom. The highest BCUT2D eigenvalue weighted by Gasteiger charge is 2.20. The molecule has 2 nitrogen and oxygen atoms in total. The third-order valence-corrected chi connectivity index (χ3v) is 4.99. The lowest BCUT2D eigenvalue weighted by Crippen LogP contribution is -2.31. The second-order valence-electron chi connectivity index (χ2n) is 4.46. The lowest BCUT2D eigenvalue weighted by molar-refractivity contribution is 0.0759. The van der Waals surface area contributed by atoms with Crippen molar-refractivity contribution in [2.75, 3.05) is 11.9 Å². The minimum absolute atomic E-state index is 0.00333. The minimum Gasteiger partial charge on any atom is -0.333 e. The molecule has 0 bridgehead atoms.